The van der Waals surface area contributed by atoms with Gasteiger partial charge in [-0.25, -0.2) is 0 Å². The zero-order chi connectivity index (χ0) is 12.7. The van der Waals surface area contributed by atoms with Crippen molar-refractivity contribution in [3.8, 4) is 0 Å². The van der Waals surface area contributed by atoms with E-state index in [0.717, 1.165) is 16.7 Å². The number of fused-ring (bicyclic) bond motifs is 1. The van der Waals surface area contributed by atoms with Crippen molar-refractivity contribution in [1.29, 1.82) is 0 Å². The number of carbonyl (C=O) groups is 2. The Kier molecular flexibility index (Phi) is 3.07. The normalized spacial score (nSPS) is 33.3. The van der Waals surface area contributed by atoms with Crippen LogP contribution in [0.15, 0.2) is 22.8 Å². The molecule has 0 amide bonds. The Morgan fingerprint density at radius 2 is 1.82 bits per heavy atom. The first-order chi connectivity index (χ1) is 7.91. The smallest absolute Gasteiger partial charge is 0.159 e. The minimum atomic E-state index is 0.175. The van der Waals surface area contributed by atoms with Crippen LogP contribution in [0.4, 0.5) is 0 Å². The molecule has 92 valence electrons. The molecule has 2 nitrogen and oxygen atoms in total. The summed E-state index contributed by atoms with van der Waals surface area (Å²) in [7, 11) is 0. The van der Waals surface area contributed by atoms with E-state index in [0.29, 0.717) is 24.7 Å². The van der Waals surface area contributed by atoms with E-state index in [1.54, 1.807) is 0 Å². The van der Waals surface area contributed by atoms with Crippen molar-refractivity contribution in [3.63, 3.8) is 0 Å². The molecule has 0 aromatic rings. The second kappa shape index (κ2) is 4.25. The second-order valence-electron chi connectivity index (χ2n) is 5.68. The van der Waals surface area contributed by atoms with E-state index < -0.39 is 0 Å². The van der Waals surface area contributed by atoms with Gasteiger partial charge >= 0.3 is 0 Å². The third-order valence-corrected chi connectivity index (χ3v) is 4.16. The molecule has 2 heteroatoms. The van der Waals surface area contributed by atoms with E-state index in [2.05, 4.69) is 6.92 Å². The van der Waals surface area contributed by atoms with Crippen molar-refractivity contribution in [2.75, 3.05) is 0 Å². The zero-order valence-electron chi connectivity index (χ0n) is 11.0. The molecule has 2 aliphatic rings. The topological polar surface area (TPSA) is 34.1 Å². The Bertz CT molecular complexity index is 436. The van der Waals surface area contributed by atoms with Crippen LogP contribution in [0.2, 0.25) is 0 Å². The van der Waals surface area contributed by atoms with Gasteiger partial charge in [-0.15, -0.1) is 0 Å². The van der Waals surface area contributed by atoms with E-state index in [1.165, 1.54) is 0 Å². The zero-order valence-corrected chi connectivity index (χ0v) is 11.0. The van der Waals surface area contributed by atoms with Crippen molar-refractivity contribution in [3.05, 3.63) is 22.8 Å². The Morgan fingerprint density at radius 1 is 1.18 bits per heavy atom. The molecule has 0 aromatic heterocycles. The number of hydrogen-bond donors (Lipinski definition) is 0. The van der Waals surface area contributed by atoms with Crippen molar-refractivity contribution in [2.24, 2.45) is 17.8 Å². The number of carbonyl (C=O) groups excluding carboxylic acids is 2. The summed E-state index contributed by atoms with van der Waals surface area (Å²) in [6.45, 7) is 7.96. The van der Waals surface area contributed by atoms with Crippen LogP contribution in [0.3, 0.4) is 0 Å². The van der Waals surface area contributed by atoms with E-state index in [9.17, 15) is 9.59 Å². The van der Waals surface area contributed by atoms with Crippen LogP contribution in [0.1, 0.15) is 40.5 Å². The molecule has 2 aliphatic carbocycles. The number of allylic oxidation sites excluding steroid dienone is 4. The second-order valence-corrected chi connectivity index (χ2v) is 5.68. The van der Waals surface area contributed by atoms with Crippen LogP contribution in [-0.2, 0) is 9.59 Å². The largest absolute Gasteiger partial charge is 0.295 e. The van der Waals surface area contributed by atoms with Crippen LogP contribution in [0.5, 0.6) is 0 Å². The predicted octanol–water partition coefficient (Wildman–Crippen LogP) is 3.08. The lowest BCUT2D eigenvalue weighted by Gasteiger charge is -2.39. The first-order valence-electron chi connectivity index (χ1n) is 6.34. The molecular weight excluding hydrogens is 212 g/mol. The lowest BCUT2D eigenvalue weighted by Crippen LogP contribution is -2.37. The van der Waals surface area contributed by atoms with Crippen molar-refractivity contribution < 1.29 is 9.59 Å². The van der Waals surface area contributed by atoms with Gasteiger partial charge in [-0.2, -0.15) is 0 Å². The minimum absolute atomic E-state index is 0.175. The molecule has 0 saturated heterocycles. The van der Waals surface area contributed by atoms with Crippen LogP contribution in [0.25, 0.3) is 0 Å². The maximum atomic E-state index is 12.1. The highest BCUT2D eigenvalue weighted by Crippen LogP contribution is 2.43. The third kappa shape index (κ3) is 2.01. The first kappa shape index (κ1) is 12.3. The fraction of sp³-hybridized carbons (Fsp3) is 0.600. The van der Waals surface area contributed by atoms with Gasteiger partial charge in [0, 0.05) is 24.3 Å². The standard InChI is InChI=1S/C15H20O2/c1-8(2)15-12-5-10(4)13(16)7-11(12)9(3)6-14(15)17/h5,9,11-12H,6-7H2,1-4H3/t9-,11+,12+/m1/s1. The molecule has 3 atom stereocenters. The first-order valence-corrected chi connectivity index (χ1v) is 6.34. The summed E-state index contributed by atoms with van der Waals surface area (Å²) in [5.74, 6) is 1.35. The molecule has 1 saturated carbocycles. The van der Waals surface area contributed by atoms with E-state index >= 15 is 0 Å². The van der Waals surface area contributed by atoms with Crippen molar-refractivity contribution >= 4 is 11.6 Å². The number of ketones is 2. The Morgan fingerprint density at radius 3 is 2.41 bits per heavy atom. The lowest BCUT2D eigenvalue weighted by atomic mass is 9.64. The molecule has 17 heavy (non-hydrogen) atoms. The molecule has 0 spiro atoms. The van der Waals surface area contributed by atoms with Gasteiger partial charge in [0.05, 0.1) is 0 Å². The predicted molar refractivity (Wildman–Crippen MR) is 67.5 cm³/mol. The monoisotopic (exact) mass is 232 g/mol. The molecule has 1 fully saturated rings. The number of hydrogen-bond acceptors (Lipinski definition) is 2. The maximum absolute atomic E-state index is 12.1. The highest BCUT2D eigenvalue weighted by Gasteiger charge is 2.41. The molecule has 2 rings (SSSR count). The van der Waals surface area contributed by atoms with Gasteiger partial charge in [0.15, 0.2) is 11.6 Å². The summed E-state index contributed by atoms with van der Waals surface area (Å²) in [5, 5.41) is 0. The Balaban J connectivity index is 2.49. The average molecular weight is 232 g/mol. The van der Waals surface area contributed by atoms with Gasteiger partial charge in [-0.1, -0.05) is 18.6 Å². The van der Waals surface area contributed by atoms with E-state index in [1.807, 2.05) is 26.8 Å². The molecular formula is C15H20O2. The van der Waals surface area contributed by atoms with Crippen molar-refractivity contribution in [1.82, 2.24) is 0 Å². The van der Waals surface area contributed by atoms with Gasteiger partial charge < -0.3 is 0 Å². The summed E-state index contributed by atoms with van der Waals surface area (Å²) in [5.41, 5.74) is 2.89. The average Bonchev–Trinajstić information content (AvgIpc) is 2.20. The molecule has 0 bridgehead atoms. The molecule has 0 radical (unpaired) electrons. The fourth-order valence-electron chi connectivity index (χ4n) is 3.19. The van der Waals surface area contributed by atoms with Crippen LogP contribution in [-0.4, -0.2) is 11.6 Å². The maximum Gasteiger partial charge on any atom is 0.159 e. The minimum Gasteiger partial charge on any atom is -0.295 e. The van der Waals surface area contributed by atoms with Gasteiger partial charge in [0.25, 0.3) is 0 Å². The fourth-order valence-corrected chi connectivity index (χ4v) is 3.19. The summed E-state index contributed by atoms with van der Waals surface area (Å²) in [6.07, 6.45) is 3.23. The Hall–Kier alpha value is -1.18. The van der Waals surface area contributed by atoms with Crippen LogP contribution >= 0.6 is 0 Å². The molecule has 0 heterocycles. The summed E-state index contributed by atoms with van der Waals surface area (Å²) in [6, 6.07) is 0. The summed E-state index contributed by atoms with van der Waals surface area (Å²) in [4.78, 5) is 23.9. The Labute approximate surface area is 103 Å². The summed E-state index contributed by atoms with van der Waals surface area (Å²) < 4.78 is 0. The quantitative estimate of drug-likeness (QED) is 0.601. The SMILES string of the molecule is CC1=C[C@@H]2C(=C(C)C)C(=O)C[C@@H](C)[C@@H]2CC1=O. The third-order valence-electron chi connectivity index (χ3n) is 4.16. The number of rotatable bonds is 0. The van der Waals surface area contributed by atoms with Crippen LogP contribution < -0.4 is 0 Å². The molecule has 0 aliphatic heterocycles. The molecule has 0 N–H and O–H groups in total. The van der Waals surface area contributed by atoms with Gasteiger partial charge in [-0.05, 0) is 38.2 Å². The summed E-state index contributed by atoms with van der Waals surface area (Å²) >= 11 is 0. The van der Waals surface area contributed by atoms with Gasteiger partial charge in [0.1, 0.15) is 0 Å². The van der Waals surface area contributed by atoms with Gasteiger partial charge in [0.2, 0.25) is 0 Å². The van der Waals surface area contributed by atoms with Crippen LogP contribution in [0, 0.1) is 17.8 Å². The lowest BCUT2D eigenvalue weighted by molar-refractivity contribution is -0.122. The molecule has 0 unspecified atom stereocenters. The van der Waals surface area contributed by atoms with E-state index in [-0.39, 0.29) is 17.5 Å². The van der Waals surface area contributed by atoms with Crippen molar-refractivity contribution in [2.45, 2.75) is 40.5 Å². The van der Waals surface area contributed by atoms with Gasteiger partial charge in [-0.3, -0.25) is 9.59 Å². The highest BCUT2D eigenvalue weighted by molar-refractivity contribution is 6.01. The highest BCUT2D eigenvalue weighted by atomic mass is 16.1. The molecule has 0 aromatic carbocycles. The number of Topliss-reactive ketones (excluding diaryl/α,β-unsaturated/α-hetero) is 2. The van der Waals surface area contributed by atoms with E-state index in [4.69, 9.17) is 0 Å².